The quantitative estimate of drug-likeness (QED) is 0.411. The topological polar surface area (TPSA) is 128 Å². The van der Waals surface area contributed by atoms with Crippen LogP contribution in [0.15, 0.2) is 35.4 Å². The third-order valence-corrected chi connectivity index (χ3v) is 3.86. The molecule has 0 amide bonds. The van der Waals surface area contributed by atoms with Gasteiger partial charge >= 0.3 is 0 Å². The number of aliphatic hydroxyl groups is 3. The van der Waals surface area contributed by atoms with Crippen LogP contribution in [0.4, 0.5) is 0 Å². The second kappa shape index (κ2) is 7.06. The van der Waals surface area contributed by atoms with E-state index in [-0.39, 0.29) is 6.42 Å². The summed E-state index contributed by atoms with van der Waals surface area (Å²) < 4.78 is 10.4. The van der Waals surface area contributed by atoms with E-state index in [1.807, 2.05) is 6.07 Å². The van der Waals surface area contributed by atoms with Gasteiger partial charge in [0, 0.05) is 18.4 Å². The lowest BCUT2D eigenvalue weighted by molar-refractivity contribution is -0.288. The Kier molecular flexibility index (Phi) is 5.36. The summed E-state index contributed by atoms with van der Waals surface area (Å²) in [5.74, 6) is 0. The number of ether oxygens (including phenoxy) is 2. The average Bonchev–Trinajstić information content (AvgIpc) is 2.54. The summed E-state index contributed by atoms with van der Waals surface area (Å²) in [7, 11) is 1.33. The lowest BCUT2D eigenvalue weighted by atomic mass is 9.78. The highest BCUT2D eigenvalue weighted by Gasteiger charge is 2.55. The van der Waals surface area contributed by atoms with Gasteiger partial charge in [-0.1, -0.05) is 35.4 Å². The van der Waals surface area contributed by atoms with Crippen LogP contribution in [0.2, 0.25) is 0 Å². The monoisotopic (exact) mass is 309 g/mol. The van der Waals surface area contributed by atoms with E-state index in [0.717, 1.165) is 5.56 Å². The number of azide groups is 1. The van der Waals surface area contributed by atoms with Gasteiger partial charge in [0.15, 0.2) is 6.29 Å². The molecule has 8 heteroatoms. The van der Waals surface area contributed by atoms with Crippen molar-refractivity contribution in [3.63, 3.8) is 0 Å². The molecule has 1 aliphatic rings. The number of hydrogen-bond acceptors (Lipinski definition) is 6. The molecular formula is C14H19N3O5. The van der Waals surface area contributed by atoms with Crippen LogP contribution < -0.4 is 0 Å². The van der Waals surface area contributed by atoms with Gasteiger partial charge in [0.25, 0.3) is 0 Å². The molecule has 120 valence electrons. The molecular weight excluding hydrogens is 290 g/mol. The minimum absolute atomic E-state index is 0.0262. The maximum atomic E-state index is 11.0. The third kappa shape index (κ3) is 3.07. The van der Waals surface area contributed by atoms with E-state index in [1.165, 1.54) is 7.11 Å². The molecule has 1 aromatic carbocycles. The second-order valence-corrected chi connectivity index (χ2v) is 5.21. The molecule has 0 saturated carbocycles. The summed E-state index contributed by atoms with van der Waals surface area (Å²) in [4.78, 5) is 2.71. The van der Waals surface area contributed by atoms with Crippen LogP contribution >= 0.6 is 0 Å². The molecule has 22 heavy (non-hydrogen) atoms. The Morgan fingerprint density at radius 3 is 2.64 bits per heavy atom. The van der Waals surface area contributed by atoms with Crippen LogP contribution in [0.25, 0.3) is 10.4 Å². The zero-order valence-corrected chi connectivity index (χ0v) is 12.1. The Bertz CT molecular complexity index is 537. The average molecular weight is 309 g/mol. The number of methoxy groups -OCH3 is 1. The Morgan fingerprint density at radius 2 is 2.09 bits per heavy atom. The van der Waals surface area contributed by atoms with Crippen molar-refractivity contribution in [3.8, 4) is 0 Å². The minimum Gasteiger partial charge on any atom is -0.394 e. The molecule has 0 aromatic heterocycles. The van der Waals surface area contributed by atoms with E-state index >= 15 is 0 Å². The van der Waals surface area contributed by atoms with E-state index in [9.17, 15) is 15.3 Å². The van der Waals surface area contributed by atoms with Gasteiger partial charge in [-0.05, 0) is 11.1 Å². The van der Waals surface area contributed by atoms with Gasteiger partial charge in [-0.3, -0.25) is 0 Å². The number of nitrogens with zero attached hydrogens (tertiary/aromatic N) is 3. The first kappa shape index (κ1) is 16.7. The van der Waals surface area contributed by atoms with Gasteiger partial charge in [0.2, 0.25) is 0 Å². The van der Waals surface area contributed by atoms with Crippen molar-refractivity contribution in [1.29, 1.82) is 0 Å². The molecule has 0 bridgehead atoms. The van der Waals surface area contributed by atoms with E-state index in [2.05, 4.69) is 10.0 Å². The number of benzene rings is 1. The van der Waals surface area contributed by atoms with Gasteiger partial charge in [-0.2, -0.15) is 0 Å². The lowest BCUT2D eigenvalue weighted by Gasteiger charge is -2.48. The summed E-state index contributed by atoms with van der Waals surface area (Å²) in [5.41, 5.74) is 7.67. The van der Waals surface area contributed by atoms with Crippen LogP contribution in [0.3, 0.4) is 0 Å². The molecule has 1 aliphatic heterocycles. The molecule has 1 fully saturated rings. The highest BCUT2D eigenvalue weighted by Crippen LogP contribution is 2.35. The fraction of sp³-hybridized carbons (Fsp3) is 0.571. The SMILES string of the molecule is CO[C@H]1O[C@H](CO)[C@@H](O)[C@@](O)(Cc2ccccc2)[C@@H]1N=[N+]=[N-]. The Morgan fingerprint density at radius 1 is 1.41 bits per heavy atom. The van der Waals surface area contributed by atoms with Crippen molar-refractivity contribution in [2.24, 2.45) is 5.11 Å². The Hall–Kier alpha value is -1.67. The third-order valence-electron chi connectivity index (χ3n) is 3.86. The van der Waals surface area contributed by atoms with E-state index in [4.69, 9.17) is 15.0 Å². The van der Waals surface area contributed by atoms with Gasteiger partial charge in [0.1, 0.15) is 23.9 Å². The second-order valence-electron chi connectivity index (χ2n) is 5.21. The summed E-state index contributed by atoms with van der Waals surface area (Å²) in [6.45, 7) is -0.499. The molecule has 0 aliphatic carbocycles. The van der Waals surface area contributed by atoms with Crippen molar-refractivity contribution in [2.45, 2.75) is 36.6 Å². The molecule has 0 unspecified atom stereocenters. The molecule has 8 nitrogen and oxygen atoms in total. The number of hydrogen-bond donors (Lipinski definition) is 3. The molecule has 1 saturated heterocycles. The van der Waals surface area contributed by atoms with Gasteiger partial charge < -0.3 is 24.8 Å². The maximum absolute atomic E-state index is 11.0. The van der Waals surface area contributed by atoms with Crippen LogP contribution in [-0.2, 0) is 15.9 Å². The summed E-state index contributed by atoms with van der Waals surface area (Å²) in [6, 6.07) is 7.83. The fourth-order valence-corrected chi connectivity index (χ4v) is 2.72. The maximum Gasteiger partial charge on any atom is 0.169 e. The Labute approximate surface area is 127 Å². The first-order valence-electron chi connectivity index (χ1n) is 6.84. The summed E-state index contributed by atoms with van der Waals surface area (Å²) in [6.07, 6.45) is -3.51. The van der Waals surface area contributed by atoms with E-state index < -0.39 is 36.7 Å². The van der Waals surface area contributed by atoms with E-state index in [0.29, 0.717) is 0 Å². The first-order chi connectivity index (χ1) is 10.6. The molecule has 0 radical (unpaired) electrons. The van der Waals surface area contributed by atoms with Gasteiger partial charge in [-0.15, -0.1) is 0 Å². The summed E-state index contributed by atoms with van der Waals surface area (Å²) in [5, 5.41) is 34.3. The normalized spacial score (nSPS) is 34.9. The van der Waals surface area contributed by atoms with Crippen molar-refractivity contribution < 1.29 is 24.8 Å². The standard InChI is InChI=1S/C14H19N3O5/c1-21-13-11(16-17-15)14(20,12(19)10(8-18)22-13)7-9-5-3-2-4-6-9/h2-6,10-13,18-20H,7-8H2,1H3/t10-,11-,12-,13+,14-/m1/s1. The molecule has 1 heterocycles. The van der Waals surface area contributed by atoms with Crippen molar-refractivity contribution >= 4 is 0 Å². The molecule has 2 rings (SSSR count). The van der Waals surface area contributed by atoms with Crippen molar-refractivity contribution in [3.05, 3.63) is 46.3 Å². The lowest BCUT2D eigenvalue weighted by Crippen LogP contribution is -2.67. The molecule has 5 atom stereocenters. The van der Waals surface area contributed by atoms with Crippen molar-refractivity contribution in [2.75, 3.05) is 13.7 Å². The highest BCUT2D eigenvalue weighted by molar-refractivity contribution is 5.20. The zero-order chi connectivity index (χ0) is 16.2. The molecule has 0 spiro atoms. The summed E-state index contributed by atoms with van der Waals surface area (Å²) >= 11 is 0. The predicted octanol–water partition coefficient (Wildman–Crippen LogP) is 0.364. The molecule has 1 aromatic rings. The van der Waals surface area contributed by atoms with Crippen molar-refractivity contribution in [1.82, 2.24) is 0 Å². The minimum atomic E-state index is -1.82. The molecule has 3 N–H and O–H groups in total. The fourth-order valence-electron chi connectivity index (χ4n) is 2.72. The van der Waals surface area contributed by atoms with Crippen LogP contribution in [0, 0.1) is 0 Å². The number of aliphatic hydroxyl groups excluding tert-OH is 2. The first-order valence-corrected chi connectivity index (χ1v) is 6.84. The van der Waals surface area contributed by atoms with Gasteiger partial charge in [-0.25, -0.2) is 0 Å². The Balaban J connectivity index is 2.40. The van der Waals surface area contributed by atoms with E-state index in [1.54, 1.807) is 24.3 Å². The highest BCUT2D eigenvalue weighted by atomic mass is 16.7. The largest absolute Gasteiger partial charge is 0.394 e. The van der Waals surface area contributed by atoms with Crippen LogP contribution in [-0.4, -0.2) is 59.2 Å². The van der Waals surface area contributed by atoms with Gasteiger partial charge in [0.05, 0.1) is 6.61 Å². The smallest absolute Gasteiger partial charge is 0.169 e. The number of rotatable bonds is 5. The van der Waals surface area contributed by atoms with Crippen LogP contribution in [0.1, 0.15) is 5.56 Å². The van der Waals surface area contributed by atoms with Crippen LogP contribution in [0.5, 0.6) is 0 Å². The predicted molar refractivity (Wildman–Crippen MR) is 76.8 cm³/mol. The zero-order valence-electron chi connectivity index (χ0n) is 12.1.